The molecule has 3 heterocycles. The molecule has 306 valence electrons. The van der Waals surface area contributed by atoms with Crippen LogP contribution in [0.2, 0.25) is 0 Å². The number of hydrogen-bond donors (Lipinski definition) is 2. The highest BCUT2D eigenvalue weighted by molar-refractivity contribution is 7.80. The van der Waals surface area contributed by atoms with E-state index >= 15 is 0 Å². The van der Waals surface area contributed by atoms with Crippen LogP contribution < -0.4 is 20.4 Å². The van der Waals surface area contributed by atoms with Crippen molar-refractivity contribution in [2.75, 3.05) is 54.4 Å². The van der Waals surface area contributed by atoms with Gasteiger partial charge in [0.05, 0.1) is 35.5 Å². The lowest BCUT2D eigenvalue weighted by atomic mass is 9.89. The Labute approximate surface area is 336 Å². The molecule has 0 unspecified atom stereocenters. The molecule has 2 atom stereocenters. The first-order valence-corrected chi connectivity index (χ1v) is 19.8. The largest absolute Gasteiger partial charge is 0.417 e. The van der Waals surface area contributed by atoms with E-state index in [1.807, 2.05) is 4.90 Å². The molecule has 57 heavy (non-hydrogen) atoms. The minimum atomic E-state index is -4.76. The highest BCUT2D eigenvalue weighted by Gasteiger charge is 2.52. The number of imide groups is 1. The molecule has 0 spiro atoms. The highest BCUT2D eigenvalue weighted by atomic mass is 32.1. The summed E-state index contributed by atoms with van der Waals surface area (Å²) >= 11 is 5.73. The summed E-state index contributed by atoms with van der Waals surface area (Å²) in [5, 5.41) is 14.6. The number of rotatable bonds is 11. The van der Waals surface area contributed by atoms with Gasteiger partial charge < -0.3 is 19.9 Å². The number of urea groups is 1. The van der Waals surface area contributed by atoms with Gasteiger partial charge in [0, 0.05) is 68.7 Å². The molecule has 0 radical (unpaired) electrons. The van der Waals surface area contributed by atoms with Crippen molar-refractivity contribution >= 4 is 58.1 Å². The fraction of sp³-hybridized carbons (Fsp3) is 0.550. The summed E-state index contributed by atoms with van der Waals surface area (Å²) in [6, 6.07) is 11.6. The molecule has 17 heteroatoms. The molecule has 2 N–H and O–H groups in total. The fourth-order valence-corrected chi connectivity index (χ4v) is 9.12. The zero-order valence-electron chi connectivity index (χ0n) is 32.6. The second-order valence-corrected chi connectivity index (χ2v) is 16.2. The van der Waals surface area contributed by atoms with E-state index in [2.05, 4.69) is 34.3 Å². The highest BCUT2D eigenvalue weighted by Crippen LogP contribution is 2.40. The minimum absolute atomic E-state index is 0.00946. The van der Waals surface area contributed by atoms with Gasteiger partial charge in [0.2, 0.25) is 11.8 Å². The van der Waals surface area contributed by atoms with Gasteiger partial charge in [0.15, 0.2) is 5.11 Å². The van der Waals surface area contributed by atoms with Crippen LogP contribution in [-0.2, 0) is 25.3 Å². The molecule has 0 bridgehead atoms. The van der Waals surface area contributed by atoms with Crippen LogP contribution in [0, 0.1) is 11.3 Å². The lowest BCUT2D eigenvalue weighted by molar-refractivity contribution is -0.137. The number of nitrogens with zero attached hydrogens (tertiary/aromatic N) is 6. The number of benzene rings is 2. The average Bonchev–Trinajstić information content (AvgIpc) is 3.33. The summed E-state index contributed by atoms with van der Waals surface area (Å²) in [6.07, 6.45) is -0.705. The van der Waals surface area contributed by atoms with Crippen LogP contribution in [0.25, 0.3) is 0 Å². The van der Waals surface area contributed by atoms with E-state index in [1.54, 1.807) is 44.2 Å². The van der Waals surface area contributed by atoms with E-state index in [4.69, 9.17) is 17.0 Å². The maximum absolute atomic E-state index is 13.7. The third kappa shape index (κ3) is 9.25. The topological polar surface area (TPSA) is 142 Å². The number of piperazine rings is 1. The number of thiocarbonyl (C=S) groups is 1. The van der Waals surface area contributed by atoms with Crippen molar-refractivity contribution in [1.29, 1.82) is 5.26 Å². The van der Waals surface area contributed by atoms with Crippen molar-refractivity contribution in [2.45, 2.75) is 102 Å². The lowest BCUT2D eigenvalue weighted by Gasteiger charge is -2.44. The number of nitriles is 1. The van der Waals surface area contributed by atoms with E-state index in [0.29, 0.717) is 30.8 Å². The van der Waals surface area contributed by atoms with Gasteiger partial charge in [-0.25, -0.2) is 4.79 Å². The van der Waals surface area contributed by atoms with Crippen LogP contribution in [-0.4, -0.2) is 113 Å². The Morgan fingerprint density at radius 1 is 1.04 bits per heavy atom. The molecule has 4 fully saturated rings. The zero-order valence-corrected chi connectivity index (χ0v) is 33.4. The van der Waals surface area contributed by atoms with E-state index in [9.17, 15) is 37.6 Å². The summed E-state index contributed by atoms with van der Waals surface area (Å²) in [7, 11) is 0. The van der Waals surface area contributed by atoms with Crippen LogP contribution in [0.1, 0.15) is 77.3 Å². The molecule has 13 nitrogen and oxygen atoms in total. The summed E-state index contributed by atoms with van der Waals surface area (Å²) in [5.74, 6) is -0.867. The molecule has 5 amide bonds. The molecule has 3 aliphatic heterocycles. The molecule has 4 aliphatic rings. The van der Waals surface area contributed by atoms with Crippen LogP contribution >= 0.6 is 12.2 Å². The van der Waals surface area contributed by atoms with Crippen LogP contribution in [0.4, 0.5) is 35.0 Å². The third-order valence-corrected chi connectivity index (χ3v) is 11.8. The van der Waals surface area contributed by atoms with E-state index in [-0.39, 0.29) is 66.4 Å². The molecule has 2 aromatic carbocycles. The standard InChI is InChI=1S/C40H49F3N8O5S/c1-25-22-47(23-26(2)49(25)24-35(53)45-28-7-5-8-30(19-28)48-17-15-34(52)46-37(48)55)16-6-18-56-32-13-11-29(12-14-32)51-38(57)50(36(54)39(51,3)4)31-10-9-27(21-44)33(20-31)40(41,42)43/h5,7-10,19-20,25-26,29,32H,6,11-18,22-24H2,1-4H3,(H,45,53)(H,46,52,55)/t25-,26+,29-,32-. The van der Waals surface area contributed by atoms with Crippen LogP contribution in [0.5, 0.6) is 0 Å². The first-order chi connectivity index (χ1) is 27.0. The Balaban J connectivity index is 0.929. The van der Waals surface area contributed by atoms with E-state index < -0.39 is 34.8 Å². The van der Waals surface area contributed by atoms with Gasteiger partial charge in [-0.05, 0) is 108 Å². The molecule has 1 saturated carbocycles. The summed E-state index contributed by atoms with van der Waals surface area (Å²) in [6.45, 7) is 11.3. The minimum Gasteiger partial charge on any atom is -0.378 e. The number of anilines is 3. The van der Waals surface area contributed by atoms with Crippen molar-refractivity contribution in [3.05, 3.63) is 53.6 Å². The Morgan fingerprint density at radius 3 is 2.39 bits per heavy atom. The van der Waals surface area contributed by atoms with Gasteiger partial charge >= 0.3 is 12.2 Å². The number of ether oxygens (including phenoxy) is 1. The number of halogens is 3. The van der Waals surface area contributed by atoms with Crippen molar-refractivity contribution in [3.63, 3.8) is 0 Å². The Kier molecular flexibility index (Phi) is 12.6. The summed E-state index contributed by atoms with van der Waals surface area (Å²) in [4.78, 5) is 59.6. The van der Waals surface area contributed by atoms with Gasteiger partial charge in [0.1, 0.15) is 5.54 Å². The smallest absolute Gasteiger partial charge is 0.378 e. The molecule has 2 aromatic rings. The zero-order chi connectivity index (χ0) is 41.2. The van der Waals surface area contributed by atoms with Gasteiger partial charge in [-0.15, -0.1) is 0 Å². The Morgan fingerprint density at radius 2 is 1.74 bits per heavy atom. The summed E-state index contributed by atoms with van der Waals surface area (Å²) in [5.41, 5.74) is -1.52. The molecular formula is C40H49F3N8O5S. The van der Waals surface area contributed by atoms with Gasteiger partial charge in [-0.2, -0.15) is 18.4 Å². The quantitative estimate of drug-likeness (QED) is 0.221. The number of hydrogen-bond acceptors (Lipinski definition) is 9. The van der Waals surface area contributed by atoms with Gasteiger partial charge in [-0.3, -0.25) is 34.4 Å². The summed E-state index contributed by atoms with van der Waals surface area (Å²) < 4.78 is 47.5. The van der Waals surface area contributed by atoms with Crippen molar-refractivity contribution < 1.29 is 37.1 Å². The van der Waals surface area contributed by atoms with Crippen molar-refractivity contribution in [3.8, 4) is 6.07 Å². The fourth-order valence-electron chi connectivity index (χ4n) is 8.55. The van der Waals surface area contributed by atoms with Gasteiger partial charge in [0.25, 0.3) is 5.91 Å². The van der Waals surface area contributed by atoms with Crippen LogP contribution in [0.3, 0.4) is 0 Å². The van der Waals surface area contributed by atoms with Crippen LogP contribution in [0.15, 0.2) is 42.5 Å². The third-order valence-electron chi connectivity index (χ3n) is 11.4. The first-order valence-electron chi connectivity index (χ1n) is 19.4. The number of nitrogens with one attached hydrogen (secondary N) is 2. The number of amides is 5. The molecular weight excluding hydrogens is 762 g/mol. The number of carbonyl (C=O) groups is 4. The number of carbonyl (C=O) groups excluding carboxylic acids is 4. The van der Waals surface area contributed by atoms with E-state index in [0.717, 1.165) is 55.9 Å². The molecule has 3 saturated heterocycles. The SMILES string of the molecule is C[C@@H]1CN(CCCO[C@H]2CC[C@H](N3C(=S)N(c4ccc(C#N)c(C(F)(F)F)c4)C(=O)C3(C)C)CC2)C[C@H](C)N1CC(=O)Nc1cccc(N2CCC(=O)NC2=O)c1. The molecule has 0 aromatic heterocycles. The average molecular weight is 811 g/mol. The predicted molar refractivity (Wildman–Crippen MR) is 211 cm³/mol. The Bertz CT molecular complexity index is 1920. The normalized spacial score (nSPS) is 24.8. The second kappa shape index (κ2) is 17.1. The second-order valence-electron chi connectivity index (χ2n) is 15.8. The predicted octanol–water partition coefficient (Wildman–Crippen LogP) is 5.49. The van der Waals surface area contributed by atoms with Crippen molar-refractivity contribution in [2.24, 2.45) is 0 Å². The van der Waals surface area contributed by atoms with Crippen molar-refractivity contribution in [1.82, 2.24) is 20.0 Å². The monoisotopic (exact) mass is 810 g/mol. The number of alkyl halides is 3. The van der Waals surface area contributed by atoms with E-state index in [1.165, 1.54) is 11.0 Å². The first kappa shape index (κ1) is 42.0. The maximum atomic E-state index is 13.7. The molecule has 6 rings (SSSR count). The Hall–Kier alpha value is -4.63. The maximum Gasteiger partial charge on any atom is 0.417 e. The van der Waals surface area contributed by atoms with Gasteiger partial charge in [-0.1, -0.05) is 6.07 Å². The molecule has 1 aliphatic carbocycles. The lowest BCUT2D eigenvalue weighted by Crippen LogP contribution is -2.58.